The molecule has 0 aliphatic rings. The van der Waals surface area contributed by atoms with E-state index in [9.17, 15) is 26.4 Å². The molecule has 0 aliphatic carbocycles. The zero-order chi connectivity index (χ0) is 25.7. The Morgan fingerprint density at radius 1 is 0.909 bits per heavy atom. The van der Waals surface area contributed by atoms with E-state index in [0.717, 1.165) is 12.5 Å². The molecule has 2 heterocycles. The highest BCUT2D eigenvalue weighted by Gasteiger charge is 2.08. The van der Waals surface area contributed by atoms with Gasteiger partial charge in [-0.1, -0.05) is 0 Å². The zero-order valence-electron chi connectivity index (χ0n) is 18.1. The molecule has 12 nitrogen and oxygen atoms in total. The van der Waals surface area contributed by atoms with Crippen molar-refractivity contribution in [1.29, 1.82) is 0 Å². The normalized spacial score (nSPS) is 10.6. The number of carbonyl (C=O) groups excluding carboxylic acids is 2. The van der Waals surface area contributed by atoms with Gasteiger partial charge in [-0.3, -0.25) is 14.2 Å². The van der Waals surface area contributed by atoms with Crippen molar-refractivity contribution in [2.75, 3.05) is 26.7 Å². The molecule has 15 heteroatoms. The van der Waals surface area contributed by atoms with Gasteiger partial charge >= 0.3 is 11.9 Å². The number of hydrogen-bond acceptors (Lipinski definition) is 12. The molecular formula is C18H23ClN2O10S2. The van der Waals surface area contributed by atoms with Crippen molar-refractivity contribution in [3.05, 3.63) is 59.2 Å². The Morgan fingerprint density at radius 3 is 1.67 bits per heavy atom. The van der Waals surface area contributed by atoms with Crippen molar-refractivity contribution in [2.45, 2.75) is 13.2 Å². The van der Waals surface area contributed by atoms with E-state index in [0.29, 0.717) is 22.5 Å². The zero-order valence-corrected chi connectivity index (χ0v) is 20.5. The number of methoxy groups -OCH3 is 2. The molecule has 2 rings (SSSR count). The van der Waals surface area contributed by atoms with Crippen molar-refractivity contribution < 1.29 is 45.2 Å². The summed E-state index contributed by atoms with van der Waals surface area (Å²) in [5.41, 5.74) is 1.49. The summed E-state index contributed by atoms with van der Waals surface area (Å²) in [5.74, 6) is -0.935. The van der Waals surface area contributed by atoms with E-state index in [1.807, 2.05) is 0 Å². The third-order valence-electron chi connectivity index (χ3n) is 3.06. The third-order valence-corrected chi connectivity index (χ3v) is 3.60. The fourth-order valence-electron chi connectivity index (χ4n) is 1.78. The summed E-state index contributed by atoms with van der Waals surface area (Å²) in [7, 11) is 0.357. The number of halogens is 1. The molecule has 0 saturated carbocycles. The van der Waals surface area contributed by atoms with Gasteiger partial charge in [-0.05, 0) is 24.3 Å². The van der Waals surface area contributed by atoms with Crippen molar-refractivity contribution in [2.24, 2.45) is 0 Å². The van der Waals surface area contributed by atoms with Crippen LogP contribution in [0.25, 0.3) is 0 Å². The molecule has 0 saturated heterocycles. The molecule has 0 spiro atoms. The minimum Gasteiger partial charge on any atom is -0.465 e. The van der Waals surface area contributed by atoms with Gasteiger partial charge in [0.25, 0.3) is 10.1 Å². The first-order valence-electron chi connectivity index (χ1n) is 8.61. The Bertz CT molecular complexity index is 1130. The van der Waals surface area contributed by atoms with Crippen molar-refractivity contribution in [3.8, 4) is 0 Å². The van der Waals surface area contributed by atoms with Crippen LogP contribution in [0.5, 0.6) is 0 Å². The SMILES string of the molecule is COC(=O)c1ccnc(CO)c1.COC(=O)c1ccnc(COS(C)(=O)=O)c1.CS(=O)(=O)Cl. The van der Waals surface area contributed by atoms with E-state index in [1.165, 1.54) is 50.9 Å². The van der Waals surface area contributed by atoms with Gasteiger partial charge in [0.15, 0.2) is 0 Å². The molecule has 0 unspecified atom stereocenters. The molecular weight excluding hydrogens is 504 g/mol. The third kappa shape index (κ3) is 15.7. The van der Waals surface area contributed by atoms with Gasteiger partial charge in [0.05, 0.1) is 55.9 Å². The van der Waals surface area contributed by atoms with Crippen LogP contribution in [0, 0.1) is 0 Å². The smallest absolute Gasteiger partial charge is 0.337 e. The van der Waals surface area contributed by atoms with Crippen molar-refractivity contribution in [3.63, 3.8) is 0 Å². The summed E-state index contributed by atoms with van der Waals surface area (Å²) < 4.78 is 53.8. The predicted molar refractivity (Wildman–Crippen MR) is 117 cm³/mol. The fraction of sp³-hybridized carbons (Fsp3) is 0.333. The maximum absolute atomic E-state index is 11.2. The van der Waals surface area contributed by atoms with Crippen LogP contribution in [0.1, 0.15) is 32.1 Å². The van der Waals surface area contributed by atoms with E-state index in [4.69, 9.17) is 5.11 Å². The average Bonchev–Trinajstić information content (AvgIpc) is 2.75. The van der Waals surface area contributed by atoms with Crippen LogP contribution in [-0.4, -0.2) is 70.6 Å². The van der Waals surface area contributed by atoms with E-state index in [1.54, 1.807) is 0 Å². The van der Waals surface area contributed by atoms with Crippen LogP contribution in [0.4, 0.5) is 0 Å². The van der Waals surface area contributed by atoms with E-state index >= 15 is 0 Å². The molecule has 0 amide bonds. The molecule has 33 heavy (non-hydrogen) atoms. The number of hydrogen-bond donors (Lipinski definition) is 1. The minimum atomic E-state index is -3.52. The van der Waals surface area contributed by atoms with Gasteiger partial charge in [-0.25, -0.2) is 18.0 Å². The average molecular weight is 527 g/mol. The first-order chi connectivity index (χ1) is 15.2. The lowest BCUT2D eigenvalue weighted by molar-refractivity contribution is 0.0591. The van der Waals surface area contributed by atoms with Gasteiger partial charge in [-0.2, -0.15) is 8.42 Å². The number of rotatable bonds is 6. The molecule has 0 atom stereocenters. The summed E-state index contributed by atoms with van der Waals surface area (Å²) in [5, 5.41) is 8.70. The summed E-state index contributed by atoms with van der Waals surface area (Å²) >= 11 is 0. The molecule has 0 aliphatic heterocycles. The van der Waals surface area contributed by atoms with Crippen LogP contribution in [0.15, 0.2) is 36.7 Å². The van der Waals surface area contributed by atoms with Crippen molar-refractivity contribution >= 4 is 41.8 Å². The number of esters is 2. The largest absolute Gasteiger partial charge is 0.465 e. The first-order valence-corrected chi connectivity index (χ1v) is 13.1. The van der Waals surface area contributed by atoms with E-state index in [-0.39, 0.29) is 13.2 Å². The lowest BCUT2D eigenvalue weighted by Crippen LogP contribution is -2.06. The standard InChI is InChI=1S/C9H11NO5S.C8H9NO3.CH3ClO2S/c1-14-9(11)7-3-4-10-8(5-7)6-15-16(2,12)13;1-12-8(11)6-2-3-9-7(4-6)5-10;1-5(2,3)4/h3-5H,6H2,1-2H3;2-4,10H,5H2,1H3;1H3. The summed E-state index contributed by atoms with van der Waals surface area (Å²) in [6, 6.07) is 5.91. The van der Waals surface area contributed by atoms with Gasteiger partial charge in [-0.15, -0.1) is 0 Å². The van der Waals surface area contributed by atoms with Gasteiger partial charge in [0.1, 0.15) is 6.61 Å². The summed E-state index contributed by atoms with van der Waals surface area (Å²) in [6.45, 7) is -0.380. The van der Waals surface area contributed by atoms with Gasteiger partial charge in [0, 0.05) is 23.1 Å². The maximum atomic E-state index is 11.2. The van der Waals surface area contributed by atoms with Gasteiger partial charge in [0.2, 0.25) is 9.05 Å². The van der Waals surface area contributed by atoms with Crippen LogP contribution in [-0.2, 0) is 46.0 Å². The number of nitrogens with zero attached hydrogens (tertiary/aromatic N) is 2. The van der Waals surface area contributed by atoms with Crippen LogP contribution in [0.3, 0.4) is 0 Å². The Hall–Kier alpha value is -2.65. The Kier molecular flexibility index (Phi) is 13.3. The number of aliphatic hydroxyl groups is 1. The molecule has 2 aromatic heterocycles. The Balaban J connectivity index is 0.000000530. The lowest BCUT2D eigenvalue weighted by Gasteiger charge is -2.03. The van der Waals surface area contributed by atoms with Crippen molar-refractivity contribution in [1.82, 2.24) is 9.97 Å². The predicted octanol–water partition coefficient (Wildman–Crippen LogP) is 0.890. The lowest BCUT2D eigenvalue weighted by atomic mass is 10.2. The highest BCUT2D eigenvalue weighted by Crippen LogP contribution is 2.06. The quantitative estimate of drug-likeness (QED) is 0.320. The Labute approximate surface area is 196 Å². The second kappa shape index (κ2) is 14.5. The van der Waals surface area contributed by atoms with E-state index < -0.39 is 31.1 Å². The van der Waals surface area contributed by atoms with Gasteiger partial charge < -0.3 is 14.6 Å². The minimum absolute atomic E-state index is 0.176. The monoisotopic (exact) mass is 526 g/mol. The first kappa shape index (κ1) is 30.4. The molecule has 184 valence electrons. The number of pyridine rings is 2. The number of carbonyl (C=O) groups is 2. The molecule has 0 aromatic carbocycles. The number of aromatic nitrogens is 2. The number of aliphatic hydroxyl groups excluding tert-OH is 1. The van der Waals surface area contributed by atoms with Crippen LogP contribution >= 0.6 is 10.7 Å². The van der Waals surface area contributed by atoms with Crippen LogP contribution < -0.4 is 0 Å². The second-order valence-electron chi connectivity index (χ2n) is 5.86. The second-order valence-corrected chi connectivity index (χ2v) is 10.5. The molecule has 0 radical (unpaired) electrons. The maximum Gasteiger partial charge on any atom is 0.337 e. The topological polar surface area (TPSA) is 176 Å². The molecule has 0 fully saturated rings. The molecule has 1 N–H and O–H groups in total. The highest BCUT2D eigenvalue weighted by atomic mass is 35.7. The highest BCUT2D eigenvalue weighted by molar-refractivity contribution is 8.13. The summed E-state index contributed by atoms with van der Waals surface area (Å²) in [4.78, 5) is 29.8. The molecule has 0 bridgehead atoms. The molecule has 2 aromatic rings. The summed E-state index contributed by atoms with van der Waals surface area (Å²) in [6.07, 6.45) is 4.71. The Morgan fingerprint density at radius 2 is 1.30 bits per heavy atom. The fourth-order valence-corrected chi connectivity index (χ4v) is 2.11. The van der Waals surface area contributed by atoms with Crippen LogP contribution in [0.2, 0.25) is 0 Å². The number of ether oxygens (including phenoxy) is 2. The van der Waals surface area contributed by atoms with E-state index in [2.05, 4.69) is 34.3 Å².